The monoisotopic (exact) mass is 362 g/mol. The van der Waals surface area contributed by atoms with Gasteiger partial charge in [0, 0.05) is 19.3 Å². The average molecular weight is 362 g/mol. The Morgan fingerprint density at radius 1 is 1.11 bits per heavy atom. The average Bonchev–Trinajstić information content (AvgIpc) is 3.13. The van der Waals surface area contributed by atoms with E-state index in [1.807, 2.05) is 71.5 Å². The number of nitrogens with zero attached hydrogens (tertiary/aromatic N) is 3. The summed E-state index contributed by atoms with van der Waals surface area (Å²) in [6, 6.07) is 18.3. The molecule has 0 bridgehead atoms. The lowest BCUT2D eigenvalue weighted by Crippen LogP contribution is -2.35. The molecule has 2 aromatic carbocycles. The van der Waals surface area contributed by atoms with Crippen molar-refractivity contribution in [3.63, 3.8) is 0 Å². The summed E-state index contributed by atoms with van der Waals surface area (Å²) in [6.45, 7) is 3.86. The van der Waals surface area contributed by atoms with Crippen LogP contribution in [0.2, 0.25) is 0 Å². The number of aryl methyl sites for hydroxylation is 1. The molecule has 0 radical (unpaired) electrons. The molecule has 3 aromatic rings. The van der Waals surface area contributed by atoms with E-state index in [2.05, 4.69) is 29.5 Å². The van der Waals surface area contributed by atoms with Gasteiger partial charge in [-0.1, -0.05) is 42.5 Å². The minimum absolute atomic E-state index is 0.0431. The Kier molecular flexibility index (Phi) is 6.39. The molecular weight excluding hydrogens is 336 g/mol. The Morgan fingerprint density at radius 2 is 1.85 bits per heavy atom. The third kappa shape index (κ3) is 5.53. The number of aromatic nitrogens is 2. The second-order valence-corrected chi connectivity index (χ2v) is 6.83. The van der Waals surface area contributed by atoms with E-state index >= 15 is 0 Å². The molecule has 1 heterocycles. The lowest BCUT2D eigenvalue weighted by molar-refractivity contribution is -0.122. The summed E-state index contributed by atoms with van der Waals surface area (Å²) in [5.41, 5.74) is 4.64. The fourth-order valence-corrected chi connectivity index (χ4v) is 2.99. The number of rotatable bonds is 8. The van der Waals surface area contributed by atoms with Crippen molar-refractivity contribution in [2.45, 2.75) is 19.9 Å². The molecular formula is C22H26N4O. The number of hydrogen-bond donors (Lipinski definition) is 1. The van der Waals surface area contributed by atoms with Crippen LogP contribution in [-0.2, 0) is 17.8 Å². The van der Waals surface area contributed by atoms with Crippen LogP contribution in [0.15, 0.2) is 67.0 Å². The summed E-state index contributed by atoms with van der Waals surface area (Å²) < 4.78 is 1.85. The number of hydrogen-bond acceptors (Lipinski definition) is 3. The number of amides is 1. The molecule has 5 nitrogen and oxygen atoms in total. The van der Waals surface area contributed by atoms with E-state index in [0.717, 1.165) is 24.2 Å². The standard InChI is InChI=1S/C22H26N4O/c1-18-8-6-7-9-20(18)16-25(2)17-22(27)23-13-12-19-14-24-26(15-19)21-10-4-3-5-11-21/h3-11,14-15H,12-13,16-17H2,1-2H3,(H,23,27). The van der Waals surface area contributed by atoms with E-state index < -0.39 is 0 Å². The van der Waals surface area contributed by atoms with Crippen molar-refractivity contribution in [3.8, 4) is 5.69 Å². The van der Waals surface area contributed by atoms with Crippen LogP contribution in [-0.4, -0.2) is 40.7 Å². The van der Waals surface area contributed by atoms with Crippen molar-refractivity contribution in [3.05, 3.63) is 83.7 Å². The van der Waals surface area contributed by atoms with E-state index in [0.29, 0.717) is 13.1 Å². The highest BCUT2D eigenvalue weighted by molar-refractivity contribution is 5.77. The molecule has 1 N–H and O–H groups in total. The van der Waals surface area contributed by atoms with Crippen molar-refractivity contribution in [1.82, 2.24) is 20.0 Å². The van der Waals surface area contributed by atoms with E-state index in [4.69, 9.17) is 0 Å². The lowest BCUT2D eigenvalue weighted by Gasteiger charge is -2.17. The quantitative estimate of drug-likeness (QED) is 0.670. The van der Waals surface area contributed by atoms with E-state index in [1.165, 1.54) is 11.1 Å². The largest absolute Gasteiger partial charge is 0.355 e. The van der Waals surface area contributed by atoms with Gasteiger partial charge in [0.15, 0.2) is 0 Å². The molecule has 0 aliphatic carbocycles. The third-order valence-corrected chi connectivity index (χ3v) is 4.51. The molecule has 0 fully saturated rings. The Labute approximate surface area is 160 Å². The Balaban J connectivity index is 1.42. The maximum atomic E-state index is 12.2. The van der Waals surface area contributed by atoms with Gasteiger partial charge >= 0.3 is 0 Å². The third-order valence-electron chi connectivity index (χ3n) is 4.51. The molecule has 0 spiro atoms. The first-order valence-electron chi connectivity index (χ1n) is 9.20. The molecule has 140 valence electrons. The maximum absolute atomic E-state index is 12.2. The van der Waals surface area contributed by atoms with Gasteiger partial charge < -0.3 is 5.32 Å². The van der Waals surface area contributed by atoms with Gasteiger partial charge in [-0.3, -0.25) is 9.69 Å². The van der Waals surface area contributed by atoms with Gasteiger partial charge in [-0.15, -0.1) is 0 Å². The topological polar surface area (TPSA) is 50.2 Å². The molecule has 0 aliphatic heterocycles. The SMILES string of the molecule is Cc1ccccc1CN(C)CC(=O)NCCc1cnn(-c2ccccc2)c1. The van der Waals surface area contributed by atoms with Crippen LogP contribution in [0, 0.1) is 6.92 Å². The van der Waals surface area contributed by atoms with Gasteiger partial charge in [0.05, 0.1) is 18.4 Å². The van der Waals surface area contributed by atoms with Gasteiger partial charge in [0.2, 0.25) is 5.91 Å². The van der Waals surface area contributed by atoms with Crippen LogP contribution >= 0.6 is 0 Å². The van der Waals surface area contributed by atoms with Crippen LogP contribution in [0.1, 0.15) is 16.7 Å². The number of nitrogens with one attached hydrogen (secondary N) is 1. The van der Waals surface area contributed by atoms with Crippen LogP contribution < -0.4 is 5.32 Å². The van der Waals surface area contributed by atoms with E-state index in [1.54, 1.807) is 0 Å². The number of para-hydroxylation sites is 1. The van der Waals surface area contributed by atoms with Gasteiger partial charge in [-0.05, 0) is 49.2 Å². The highest BCUT2D eigenvalue weighted by atomic mass is 16.2. The van der Waals surface area contributed by atoms with Crippen molar-refractivity contribution < 1.29 is 4.79 Å². The fraction of sp³-hybridized carbons (Fsp3) is 0.273. The molecule has 1 aromatic heterocycles. The first-order valence-corrected chi connectivity index (χ1v) is 9.20. The number of benzene rings is 2. The van der Waals surface area contributed by atoms with Crippen molar-refractivity contribution in [2.24, 2.45) is 0 Å². The Morgan fingerprint density at radius 3 is 2.63 bits per heavy atom. The van der Waals surface area contributed by atoms with Gasteiger partial charge in [-0.2, -0.15) is 5.10 Å². The van der Waals surface area contributed by atoms with Gasteiger partial charge in [0.25, 0.3) is 0 Å². The van der Waals surface area contributed by atoms with Crippen LogP contribution in [0.5, 0.6) is 0 Å². The van der Waals surface area contributed by atoms with Crippen LogP contribution in [0.4, 0.5) is 0 Å². The first-order chi connectivity index (χ1) is 13.1. The second-order valence-electron chi connectivity index (χ2n) is 6.83. The smallest absolute Gasteiger partial charge is 0.234 e. The fourth-order valence-electron chi connectivity index (χ4n) is 2.99. The summed E-state index contributed by atoms with van der Waals surface area (Å²) in [7, 11) is 1.97. The first kappa shape index (κ1) is 18.9. The van der Waals surface area contributed by atoms with Crippen LogP contribution in [0.3, 0.4) is 0 Å². The highest BCUT2D eigenvalue weighted by Crippen LogP contribution is 2.09. The zero-order valence-corrected chi connectivity index (χ0v) is 15.9. The minimum Gasteiger partial charge on any atom is -0.355 e. The molecule has 0 saturated carbocycles. The maximum Gasteiger partial charge on any atom is 0.234 e. The number of likely N-dealkylation sites (N-methyl/N-ethyl adjacent to an activating group) is 1. The van der Waals surface area contributed by atoms with E-state index in [9.17, 15) is 4.79 Å². The van der Waals surface area contributed by atoms with Crippen LogP contribution in [0.25, 0.3) is 5.69 Å². The molecule has 1 amide bonds. The molecule has 27 heavy (non-hydrogen) atoms. The molecule has 3 rings (SSSR count). The zero-order valence-electron chi connectivity index (χ0n) is 15.9. The zero-order chi connectivity index (χ0) is 19.1. The predicted octanol–water partition coefficient (Wildman–Crippen LogP) is 2.97. The Bertz CT molecular complexity index is 873. The summed E-state index contributed by atoms with van der Waals surface area (Å²) >= 11 is 0. The number of carbonyl (C=O) groups excluding carboxylic acids is 1. The summed E-state index contributed by atoms with van der Waals surface area (Å²) in [5.74, 6) is 0.0431. The van der Waals surface area contributed by atoms with E-state index in [-0.39, 0.29) is 5.91 Å². The second kappa shape index (κ2) is 9.14. The lowest BCUT2D eigenvalue weighted by atomic mass is 10.1. The van der Waals surface area contributed by atoms with Crippen molar-refractivity contribution in [2.75, 3.05) is 20.1 Å². The predicted molar refractivity (Wildman–Crippen MR) is 108 cm³/mol. The molecule has 0 atom stereocenters. The van der Waals surface area contributed by atoms with Gasteiger partial charge in [-0.25, -0.2) is 4.68 Å². The normalized spacial score (nSPS) is 10.9. The van der Waals surface area contributed by atoms with Gasteiger partial charge in [0.1, 0.15) is 0 Å². The highest BCUT2D eigenvalue weighted by Gasteiger charge is 2.08. The summed E-state index contributed by atoms with van der Waals surface area (Å²) in [5, 5.41) is 7.38. The number of carbonyl (C=O) groups is 1. The molecule has 0 unspecified atom stereocenters. The van der Waals surface area contributed by atoms with Crippen molar-refractivity contribution >= 4 is 5.91 Å². The summed E-state index contributed by atoms with van der Waals surface area (Å²) in [6.07, 6.45) is 4.62. The minimum atomic E-state index is 0.0431. The summed E-state index contributed by atoms with van der Waals surface area (Å²) in [4.78, 5) is 14.2. The van der Waals surface area contributed by atoms with Crippen molar-refractivity contribution in [1.29, 1.82) is 0 Å². The molecule has 0 aliphatic rings. The molecule has 5 heteroatoms. The molecule has 0 saturated heterocycles. The Hall–Kier alpha value is -2.92.